The highest BCUT2D eigenvalue weighted by Gasteiger charge is 2.10. The summed E-state index contributed by atoms with van der Waals surface area (Å²) in [7, 11) is 0. The van der Waals surface area contributed by atoms with E-state index in [0.29, 0.717) is 13.1 Å². The molecule has 2 aromatic carbocycles. The van der Waals surface area contributed by atoms with Crippen LogP contribution < -0.4 is 10.6 Å². The van der Waals surface area contributed by atoms with Crippen LogP contribution >= 0.6 is 0 Å². The summed E-state index contributed by atoms with van der Waals surface area (Å²) in [6.45, 7) is 7.60. The van der Waals surface area contributed by atoms with E-state index in [0.717, 1.165) is 44.0 Å². The summed E-state index contributed by atoms with van der Waals surface area (Å²) in [5.41, 5.74) is 4.68. The molecular weight excluding hydrogens is 326 g/mol. The first-order valence-corrected chi connectivity index (χ1v) is 9.14. The van der Waals surface area contributed by atoms with Crippen molar-refractivity contribution in [3.05, 3.63) is 70.8 Å². The third kappa shape index (κ3) is 5.86. The van der Waals surface area contributed by atoms with Gasteiger partial charge >= 0.3 is 6.03 Å². The van der Waals surface area contributed by atoms with Gasteiger partial charge in [-0.25, -0.2) is 4.79 Å². The van der Waals surface area contributed by atoms with Gasteiger partial charge in [-0.3, -0.25) is 4.90 Å². The van der Waals surface area contributed by atoms with Crippen molar-refractivity contribution in [2.45, 2.75) is 26.6 Å². The number of hydrogen-bond donors (Lipinski definition) is 2. The molecule has 0 saturated carbocycles. The molecule has 5 heteroatoms. The number of ether oxygens (including phenoxy) is 1. The molecule has 138 valence electrons. The largest absolute Gasteiger partial charge is 0.379 e. The number of aryl methyl sites for hydroxylation is 1. The summed E-state index contributed by atoms with van der Waals surface area (Å²) in [4.78, 5) is 14.4. The molecule has 2 amide bonds. The molecular formula is C21H27N3O2. The van der Waals surface area contributed by atoms with Crippen molar-refractivity contribution in [1.82, 2.24) is 15.5 Å². The van der Waals surface area contributed by atoms with E-state index in [9.17, 15) is 4.79 Å². The van der Waals surface area contributed by atoms with Gasteiger partial charge in [0.15, 0.2) is 0 Å². The molecule has 0 atom stereocenters. The normalized spacial score (nSPS) is 14.8. The van der Waals surface area contributed by atoms with E-state index in [4.69, 9.17) is 4.74 Å². The first kappa shape index (κ1) is 18.4. The molecule has 1 saturated heterocycles. The quantitative estimate of drug-likeness (QED) is 0.840. The number of morpholine rings is 1. The molecule has 3 rings (SSSR count). The average Bonchev–Trinajstić information content (AvgIpc) is 2.66. The van der Waals surface area contributed by atoms with Crippen LogP contribution in [0.4, 0.5) is 4.79 Å². The molecule has 0 spiro atoms. The van der Waals surface area contributed by atoms with Gasteiger partial charge in [0, 0.05) is 32.7 Å². The zero-order valence-electron chi connectivity index (χ0n) is 15.3. The maximum absolute atomic E-state index is 12.0. The van der Waals surface area contributed by atoms with Crippen molar-refractivity contribution in [3.63, 3.8) is 0 Å². The minimum Gasteiger partial charge on any atom is -0.379 e. The molecule has 1 heterocycles. The highest BCUT2D eigenvalue weighted by Crippen LogP contribution is 2.10. The van der Waals surface area contributed by atoms with E-state index in [1.165, 1.54) is 11.1 Å². The number of hydrogen-bond acceptors (Lipinski definition) is 3. The number of nitrogens with zero attached hydrogens (tertiary/aromatic N) is 1. The van der Waals surface area contributed by atoms with Crippen LogP contribution in [0.15, 0.2) is 48.5 Å². The Morgan fingerprint density at radius 1 is 0.962 bits per heavy atom. The smallest absolute Gasteiger partial charge is 0.315 e. The van der Waals surface area contributed by atoms with Crippen LogP contribution in [0, 0.1) is 6.92 Å². The summed E-state index contributed by atoms with van der Waals surface area (Å²) in [6.07, 6.45) is 0. The van der Waals surface area contributed by atoms with Crippen LogP contribution in [-0.2, 0) is 24.4 Å². The van der Waals surface area contributed by atoms with Gasteiger partial charge in [0.1, 0.15) is 0 Å². The Kier molecular flexibility index (Phi) is 6.63. The fourth-order valence-electron chi connectivity index (χ4n) is 3.10. The summed E-state index contributed by atoms with van der Waals surface area (Å²) in [6, 6.07) is 16.4. The lowest BCUT2D eigenvalue weighted by Gasteiger charge is -2.26. The van der Waals surface area contributed by atoms with Crippen molar-refractivity contribution >= 4 is 6.03 Å². The Bertz CT molecular complexity index is 727. The van der Waals surface area contributed by atoms with Crippen LogP contribution in [0.25, 0.3) is 0 Å². The molecule has 0 bridgehead atoms. The van der Waals surface area contributed by atoms with E-state index in [2.05, 4.69) is 39.8 Å². The van der Waals surface area contributed by atoms with Crippen molar-refractivity contribution in [3.8, 4) is 0 Å². The summed E-state index contributed by atoms with van der Waals surface area (Å²) in [5, 5.41) is 5.84. The van der Waals surface area contributed by atoms with Crippen LogP contribution in [0.2, 0.25) is 0 Å². The van der Waals surface area contributed by atoms with Gasteiger partial charge < -0.3 is 15.4 Å². The number of carbonyl (C=O) groups excluding carboxylic acids is 1. The Morgan fingerprint density at radius 2 is 1.58 bits per heavy atom. The fraction of sp³-hybridized carbons (Fsp3) is 0.381. The monoisotopic (exact) mass is 353 g/mol. The number of carbonyl (C=O) groups is 1. The van der Waals surface area contributed by atoms with Gasteiger partial charge in [0.05, 0.1) is 13.2 Å². The van der Waals surface area contributed by atoms with Crippen molar-refractivity contribution in [2.75, 3.05) is 26.3 Å². The van der Waals surface area contributed by atoms with Crippen LogP contribution in [0.5, 0.6) is 0 Å². The van der Waals surface area contributed by atoms with E-state index >= 15 is 0 Å². The second-order valence-electron chi connectivity index (χ2n) is 6.73. The van der Waals surface area contributed by atoms with Crippen molar-refractivity contribution in [2.24, 2.45) is 0 Å². The number of nitrogens with one attached hydrogen (secondary N) is 2. The Labute approximate surface area is 155 Å². The van der Waals surface area contributed by atoms with Gasteiger partial charge in [-0.2, -0.15) is 0 Å². The molecule has 1 aliphatic rings. The minimum absolute atomic E-state index is 0.148. The molecule has 0 aromatic heterocycles. The summed E-state index contributed by atoms with van der Waals surface area (Å²) < 4.78 is 5.39. The molecule has 5 nitrogen and oxygen atoms in total. The predicted octanol–water partition coefficient (Wildman–Crippen LogP) is 2.83. The summed E-state index contributed by atoms with van der Waals surface area (Å²) >= 11 is 0. The van der Waals surface area contributed by atoms with Crippen molar-refractivity contribution in [1.29, 1.82) is 0 Å². The minimum atomic E-state index is -0.148. The SMILES string of the molecule is Cc1cccc(CNC(=O)NCc2cccc(CN3CCOCC3)c2)c1. The molecule has 1 aliphatic heterocycles. The van der Waals surface area contributed by atoms with Crippen LogP contribution in [-0.4, -0.2) is 37.2 Å². The molecule has 0 aliphatic carbocycles. The number of rotatable bonds is 6. The van der Waals surface area contributed by atoms with E-state index in [1.54, 1.807) is 0 Å². The Hall–Kier alpha value is -2.37. The number of amides is 2. The molecule has 2 N–H and O–H groups in total. The molecule has 2 aromatic rings. The van der Waals surface area contributed by atoms with Gasteiger partial charge in [-0.05, 0) is 23.6 Å². The number of benzene rings is 2. The van der Waals surface area contributed by atoms with Gasteiger partial charge in [-0.1, -0.05) is 54.1 Å². The standard InChI is InChI=1S/C21H27N3O2/c1-17-4-2-5-18(12-17)14-22-21(25)23-15-19-6-3-7-20(13-19)16-24-8-10-26-11-9-24/h2-7,12-13H,8-11,14-16H2,1H3,(H2,22,23,25). The van der Waals surface area contributed by atoms with Gasteiger partial charge in [0.25, 0.3) is 0 Å². The second-order valence-corrected chi connectivity index (χ2v) is 6.73. The Morgan fingerprint density at radius 3 is 2.27 bits per heavy atom. The predicted molar refractivity (Wildman–Crippen MR) is 103 cm³/mol. The topological polar surface area (TPSA) is 53.6 Å². The molecule has 0 unspecified atom stereocenters. The zero-order valence-corrected chi connectivity index (χ0v) is 15.3. The van der Waals surface area contributed by atoms with Crippen LogP contribution in [0.3, 0.4) is 0 Å². The highest BCUT2D eigenvalue weighted by molar-refractivity contribution is 5.73. The average molecular weight is 353 g/mol. The second kappa shape index (κ2) is 9.36. The highest BCUT2D eigenvalue weighted by atomic mass is 16.5. The first-order chi connectivity index (χ1) is 12.7. The lowest BCUT2D eigenvalue weighted by Crippen LogP contribution is -2.35. The van der Waals surface area contributed by atoms with Gasteiger partial charge in [-0.15, -0.1) is 0 Å². The maximum Gasteiger partial charge on any atom is 0.315 e. The molecule has 1 fully saturated rings. The van der Waals surface area contributed by atoms with Crippen LogP contribution in [0.1, 0.15) is 22.3 Å². The van der Waals surface area contributed by atoms with Gasteiger partial charge in [0.2, 0.25) is 0 Å². The third-order valence-electron chi connectivity index (χ3n) is 4.49. The fourth-order valence-corrected chi connectivity index (χ4v) is 3.10. The molecule has 0 radical (unpaired) electrons. The van der Waals surface area contributed by atoms with E-state index < -0.39 is 0 Å². The lowest BCUT2D eigenvalue weighted by molar-refractivity contribution is 0.0342. The Balaban J connectivity index is 1.44. The summed E-state index contributed by atoms with van der Waals surface area (Å²) in [5.74, 6) is 0. The van der Waals surface area contributed by atoms with E-state index in [-0.39, 0.29) is 6.03 Å². The zero-order chi connectivity index (χ0) is 18.2. The lowest BCUT2D eigenvalue weighted by atomic mass is 10.1. The number of urea groups is 1. The maximum atomic E-state index is 12.0. The third-order valence-corrected chi connectivity index (χ3v) is 4.49. The molecule has 26 heavy (non-hydrogen) atoms. The van der Waals surface area contributed by atoms with Crippen molar-refractivity contribution < 1.29 is 9.53 Å². The first-order valence-electron chi connectivity index (χ1n) is 9.14. The van der Waals surface area contributed by atoms with E-state index in [1.807, 2.05) is 31.2 Å².